The fourth-order valence-electron chi connectivity index (χ4n) is 4.99. The SMILES string of the molecule is CC1CC(C)(C)CC2(C1)NC(=O)N(CC(=O)OCC(=O)Nc1ccc(Cl)c(C(F)(F)F)c1)C2=O. The third-order valence-electron chi connectivity index (χ3n) is 5.83. The number of rotatable bonds is 5. The first-order valence-electron chi connectivity index (χ1n) is 10.6. The molecule has 4 amide bonds. The van der Waals surface area contributed by atoms with Crippen LogP contribution in [0.1, 0.15) is 45.6 Å². The van der Waals surface area contributed by atoms with E-state index in [2.05, 4.69) is 10.6 Å². The van der Waals surface area contributed by atoms with Gasteiger partial charge in [0.1, 0.15) is 12.1 Å². The zero-order valence-corrected chi connectivity index (χ0v) is 19.6. The van der Waals surface area contributed by atoms with Gasteiger partial charge in [-0.05, 0) is 48.8 Å². The zero-order valence-electron chi connectivity index (χ0n) is 18.8. The number of benzene rings is 1. The smallest absolute Gasteiger partial charge is 0.417 e. The number of ether oxygens (including phenoxy) is 1. The molecule has 1 aliphatic heterocycles. The molecule has 12 heteroatoms. The van der Waals surface area contributed by atoms with E-state index in [-0.39, 0.29) is 17.0 Å². The summed E-state index contributed by atoms with van der Waals surface area (Å²) in [5, 5.41) is 4.37. The molecule has 0 bridgehead atoms. The van der Waals surface area contributed by atoms with E-state index < -0.39 is 59.3 Å². The summed E-state index contributed by atoms with van der Waals surface area (Å²) in [4.78, 5) is 50.5. The lowest BCUT2D eigenvalue weighted by Gasteiger charge is -2.43. The number of esters is 1. The van der Waals surface area contributed by atoms with Crippen LogP contribution in [0.5, 0.6) is 0 Å². The van der Waals surface area contributed by atoms with Gasteiger partial charge in [-0.15, -0.1) is 0 Å². The van der Waals surface area contributed by atoms with E-state index in [9.17, 15) is 32.3 Å². The first-order chi connectivity index (χ1) is 15.6. The molecule has 2 aliphatic rings. The van der Waals surface area contributed by atoms with E-state index in [1.165, 1.54) is 0 Å². The highest BCUT2D eigenvalue weighted by atomic mass is 35.5. The molecule has 2 fully saturated rings. The summed E-state index contributed by atoms with van der Waals surface area (Å²) in [6.45, 7) is 4.51. The van der Waals surface area contributed by atoms with E-state index in [4.69, 9.17) is 16.3 Å². The maximum Gasteiger partial charge on any atom is 0.417 e. The first-order valence-corrected chi connectivity index (χ1v) is 11.0. The van der Waals surface area contributed by atoms with Gasteiger partial charge in [-0.2, -0.15) is 13.2 Å². The third-order valence-corrected chi connectivity index (χ3v) is 6.16. The fourth-order valence-corrected chi connectivity index (χ4v) is 5.21. The maximum absolute atomic E-state index is 13.0. The van der Waals surface area contributed by atoms with Gasteiger partial charge in [0.25, 0.3) is 11.8 Å². The van der Waals surface area contributed by atoms with Crippen LogP contribution in [0, 0.1) is 11.3 Å². The van der Waals surface area contributed by atoms with Gasteiger partial charge >= 0.3 is 18.2 Å². The van der Waals surface area contributed by atoms with E-state index in [0.29, 0.717) is 18.9 Å². The molecular weight excluding hydrogens is 479 g/mol. The van der Waals surface area contributed by atoms with Crippen molar-refractivity contribution in [2.45, 2.75) is 51.7 Å². The van der Waals surface area contributed by atoms with Crippen LogP contribution in [0.3, 0.4) is 0 Å². The highest BCUT2D eigenvalue weighted by Crippen LogP contribution is 2.46. The van der Waals surface area contributed by atoms with Gasteiger partial charge in [-0.25, -0.2) is 4.79 Å². The summed E-state index contributed by atoms with van der Waals surface area (Å²) in [6.07, 6.45) is -2.93. The molecule has 186 valence electrons. The number of carbonyl (C=O) groups excluding carboxylic acids is 4. The number of carbonyl (C=O) groups is 4. The van der Waals surface area contributed by atoms with Gasteiger partial charge in [-0.1, -0.05) is 32.4 Å². The molecular formula is C22H25ClF3N3O5. The molecule has 1 aliphatic carbocycles. The molecule has 34 heavy (non-hydrogen) atoms. The van der Waals surface area contributed by atoms with Gasteiger partial charge in [0.15, 0.2) is 6.61 Å². The van der Waals surface area contributed by atoms with Gasteiger partial charge in [0, 0.05) is 5.69 Å². The summed E-state index contributed by atoms with van der Waals surface area (Å²) >= 11 is 5.54. The number of hydrogen-bond donors (Lipinski definition) is 2. The quantitative estimate of drug-likeness (QED) is 0.467. The van der Waals surface area contributed by atoms with Gasteiger partial charge < -0.3 is 15.4 Å². The summed E-state index contributed by atoms with van der Waals surface area (Å²) in [6, 6.07) is 2.09. The second-order valence-corrected chi connectivity index (χ2v) is 10.1. The molecule has 0 radical (unpaired) electrons. The molecule has 1 aromatic carbocycles. The molecule has 1 saturated carbocycles. The van der Waals surface area contributed by atoms with Crippen LogP contribution in [0.2, 0.25) is 5.02 Å². The Morgan fingerprint density at radius 2 is 1.94 bits per heavy atom. The van der Waals surface area contributed by atoms with Crippen molar-refractivity contribution in [3.63, 3.8) is 0 Å². The van der Waals surface area contributed by atoms with Crippen LogP contribution < -0.4 is 10.6 Å². The molecule has 8 nitrogen and oxygen atoms in total. The zero-order chi connectivity index (χ0) is 25.5. The Bertz CT molecular complexity index is 1030. The molecule has 1 heterocycles. The fraction of sp³-hybridized carbons (Fsp3) is 0.545. The molecule has 1 spiro atoms. The van der Waals surface area contributed by atoms with Gasteiger partial charge in [0.2, 0.25) is 0 Å². The van der Waals surface area contributed by atoms with Crippen molar-refractivity contribution in [1.29, 1.82) is 0 Å². The van der Waals surface area contributed by atoms with Crippen LogP contribution in [0.25, 0.3) is 0 Å². The lowest BCUT2D eigenvalue weighted by atomic mass is 9.64. The predicted molar refractivity (Wildman–Crippen MR) is 116 cm³/mol. The Balaban J connectivity index is 1.57. The number of anilines is 1. The van der Waals surface area contributed by atoms with E-state index >= 15 is 0 Å². The highest BCUT2D eigenvalue weighted by Gasteiger charge is 2.56. The number of imide groups is 1. The minimum atomic E-state index is -4.71. The van der Waals surface area contributed by atoms with Crippen molar-refractivity contribution in [2.75, 3.05) is 18.5 Å². The summed E-state index contributed by atoms with van der Waals surface area (Å²) in [5.74, 6) is -2.24. The standard InChI is InChI=1S/C22H25ClF3N3O5/c1-12-7-20(2,3)11-21(8-12)18(32)29(19(33)28-21)9-17(31)34-10-16(30)27-13-4-5-15(23)14(6-13)22(24,25)26/h4-6,12H,7-11H2,1-3H3,(H,27,30)(H,28,33). The van der Waals surface area contributed by atoms with E-state index in [0.717, 1.165) is 23.5 Å². The number of halogens is 4. The number of urea groups is 1. The number of nitrogens with zero attached hydrogens (tertiary/aromatic N) is 1. The topological polar surface area (TPSA) is 105 Å². The molecule has 1 aromatic rings. The van der Waals surface area contributed by atoms with Gasteiger partial charge in [-0.3, -0.25) is 19.3 Å². The van der Waals surface area contributed by atoms with Crippen molar-refractivity contribution < 1.29 is 37.1 Å². The monoisotopic (exact) mass is 503 g/mol. The van der Waals surface area contributed by atoms with Crippen LogP contribution in [-0.2, 0) is 25.3 Å². The van der Waals surface area contributed by atoms with Crippen LogP contribution in [-0.4, -0.2) is 47.4 Å². The Morgan fingerprint density at radius 3 is 2.56 bits per heavy atom. The van der Waals surface area contributed by atoms with E-state index in [1.54, 1.807) is 0 Å². The van der Waals surface area contributed by atoms with Crippen molar-refractivity contribution in [1.82, 2.24) is 10.2 Å². The molecule has 1 saturated heterocycles. The minimum absolute atomic E-state index is 0.178. The lowest BCUT2D eigenvalue weighted by molar-refractivity contribution is -0.150. The van der Waals surface area contributed by atoms with Crippen molar-refractivity contribution in [2.24, 2.45) is 11.3 Å². The Kier molecular flexibility index (Phi) is 6.89. The molecule has 2 N–H and O–H groups in total. The second kappa shape index (κ2) is 9.09. The van der Waals surface area contributed by atoms with E-state index in [1.807, 2.05) is 20.8 Å². The summed E-state index contributed by atoms with van der Waals surface area (Å²) < 4.78 is 43.6. The number of amides is 4. The Hall–Kier alpha value is -2.82. The van der Waals surface area contributed by atoms with Crippen molar-refractivity contribution in [3.8, 4) is 0 Å². The van der Waals surface area contributed by atoms with Crippen LogP contribution in [0.15, 0.2) is 18.2 Å². The largest absolute Gasteiger partial charge is 0.454 e. The Labute approximate surface area is 199 Å². The Morgan fingerprint density at radius 1 is 1.26 bits per heavy atom. The minimum Gasteiger partial charge on any atom is -0.454 e. The van der Waals surface area contributed by atoms with Crippen LogP contribution >= 0.6 is 11.6 Å². The molecule has 2 atom stereocenters. The predicted octanol–water partition coefficient (Wildman–Crippen LogP) is 3.98. The first kappa shape index (κ1) is 25.8. The van der Waals surface area contributed by atoms with Gasteiger partial charge in [0.05, 0.1) is 10.6 Å². The second-order valence-electron chi connectivity index (χ2n) is 9.66. The lowest BCUT2D eigenvalue weighted by Crippen LogP contribution is -2.54. The summed E-state index contributed by atoms with van der Waals surface area (Å²) in [7, 11) is 0. The van der Waals surface area contributed by atoms with Crippen LogP contribution in [0.4, 0.5) is 23.7 Å². The average molecular weight is 504 g/mol. The number of hydrogen-bond acceptors (Lipinski definition) is 5. The molecule has 0 aromatic heterocycles. The normalized spacial score (nSPS) is 24.2. The van der Waals surface area contributed by atoms with Crippen molar-refractivity contribution in [3.05, 3.63) is 28.8 Å². The number of alkyl halides is 3. The number of nitrogens with one attached hydrogen (secondary N) is 2. The molecule has 3 rings (SSSR count). The summed E-state index contributed by atoms with van der Waals surface area (Å²) in [5.41, 5.74) is -2.58. The molecule has 2 unspecified atom stereocenters. The maximum atomic E-state index is 13.0. The van der Waals surface area contributed by atoms with Crippen molar-refractivity contribution >= 4 is 41.1 Å². The highest BCUT2D eigenvalue weighted by molar-refractivity contribution is 6.31. The third kappa shape index (κ3) is 5.63. The average Bonchev–Trinajstić information content (AvgIpc) is 2.88.